The number of carbonyl (C=O) groups is 1. The number of pyridine rings is 2. The number of unbranched alkanes of at least 4 members (excludes halogenated alkanes) is 1. The van der Waals surface area contributed by atoms with Crippen molar-refractivity contribution in [3.8, 4) is 11.4 Å². The number of ether oxygens (including phenoxy) is 1. The molecular formula is C23H22N2O3. The molecule has 0 aliphatic carbocycles. The van der Waals surface area contributed by atoms with Gasteiger partial charge in [0.05, 0.1) is 35.6 Å². The number of hydrogen-bond acceptors (Lipinski definition) is 4. The van der Waals surface area contributed by atoms with Gasteiger partial charge in [0.1, 0.15) is 6.29 Å². The Morgan fingerprint density at radius 3 is 2.86 bits per heavy atom. The molecule has 5 heteroatoms. The second kappa shape index (κ2) is 7.52. The van der Waals surface area contributed by atoms with Crippen LogP contribution in [0.5, 0.6) is 0 Å². The summed E-state index contributed by atoms with van der Waals surface area (Å²) in [6.07, 6.45) is 4.42. The standard InChI is InChI=1S/C23H22N2O3/c1-3-4-7-16(13-26)18-11-21-22-17(10-15-8-5-6-9-20(15)24-22)12-25(21)23(27)19(18)14-28-2/h5-11,13H,3-4,12,14H2,1-2H3/b16-7+. The zero-order valence-electron chi connectivity index (χ0n) is 16.1. The van der Waals surface area contributed by atoms with Crippen LogP contribution in [0.1, 0.15) is 36.5 Å². The van der Waals surface area contributed by atoms with Crippen molar-refractivity contribution in [1.82, 2.24) is 9.55 Å². The smallest absolute Gasteiger partial charge is 0.257 e. The summed E-state index contributed by atoms with van der Waals surface area (Å²) in [6, 6.07) is 11.9. The van der Waals surface area contributed by atoms with Gasteiger partial charge in [0.2, 0.25) is 0 Å². The van der Waals surface area contributed by atoms with E-state index in [1.54, 1.807) is 11.7 Å². The van der Waals surface area contributed by atoms with Gasteiger partial charge in [0.25, 0.3) is 5.56 Å². The molecule has 142 valence electrons. The van der Waals surface area contributed by atoms with Crippen LogP contribution in [-0.4, -0.2) is 22.9 Å². The van der Waals surface area contributed by atoms with Crippen LogP contribution in [-0.2, 0) is 22.7 Å². The fraction of sp³-hybridized carbons (Fsp3) is 0.261. The molecule has 28 heavy (non-hydrogen) atoms. The van der Waals surface area contributed by atoms with E-state index >= 15 is 0 Å². The Morgan fingerprint density at radius 1 is 1.29 bits per heavy atom. The monoisotopic (exact) mass is 374 g/mol. The molecule has 0 atom stereocenters. The SMILES string of the molecule is CCC/C=C(\C=O)c1cc2n(c(=O)c1COC)Cc1cc3ccccc3nc1-2. The van der Waals surface area contributed by atoms with Gasteiger partial charge < -0.3 is 9.30 Å². The molecule has 0 radical (unpaired) electrons. The molecule has 5 nitrogen and oxygen atoms in total. The zero-order chi connectivity index (χ0) is 19.7. The van der Waals surface area contributed by atoms with Gasteiger partial charge in [-0.1, -0.05) is 37.6 Å². The third kappa shape index (κ3) is 2.98. The van der Waals surface area contributed by atoms with Crippen molar-refractivity contribution in [1.29, 1.82) is 0 Å². The minimum Gasteiger partial charge on any atom is -0.380 e. The van der Waals surface area contributed by atoms with Crippen LogP contribution in [0.4, 0.5) is 0 Å². The molecule has 0 amide bonds. The van der Waals surface area contributed by atoms with Gasteiger partial charge in [-0.2, -0.15) is 0 Å². The highest BCUT2D eigenvalue weighted by atomic mass is 16.5. The van der Waals surface area contributed by atoms with Crippen LogP contribution in [0.25, 0.3) is 27.9 Å². The Morgan fingerprint density at radius 2 is 2.11 bits per heavy atom. The quantitative estimate of drug-likeness (QED) is 0.379. The highest BCUT2D eigenvalue weighted by Crippen LogP contribution is 2.33. The summed E-state index contributed by atoms with van der Waals surface area (Å²) >= 11 is 0. The van der Waals surface area contributed by atoms with Gasteiger partial charge in [0, 0.05) is 23.6 Å². The maximum absolute atomic E-state index is 13.2. The number of benzene rings is 1. The average Bonchev–Trinajstić information content (AvgIpc) is 3.07. The lowest BCUT2D eigenvalue weighted by Crippen LogP contribution is -2.25. The maximum atomic E-state index is 13.2. The van der Waals surface area contributed by atoms with E-state index in [4.69, 9.17) is 9.72 Å². The summed E-state index contributed by atoms with van der Waals surface area (Å²) in [7, 11) is 1.56. The number of rotatable bonds is 6. The lowest BCUT2D eigenvalue weighted by atomic mass is 9.99. The van der Waals surface area contributed by atoms with Crippen molar-refractivity contribution in [2.24, 2.45) is 0 Å². The molecule has 2 aromatic heterocycles. The predicted molar refractivity (Wildman–Crippen MR) is 110 cm³/mol. The first-order chi connectivity index (χ1) is 13.7. The summed E-state index contributed by atoms with van der Waals surface area (Å²) in [4.78, 5) is 29.8. The molecule has 0 saturated carbocycles. The lowest BCUT2D eigenvalue weighted by molar-refractivity contribution is -0.103. The molecule has 3 aromatic rings. The van der Waals surface area contributed by atoms with Gasteiger partial charge in [-0.05, 0) is 30.2 Å². The molecule has 0 fully saturated rings. The van der Waals surface area contributed by atoms with E-state index in [0.29, 0.717) is 23.2 Å². The molecule has 1 aliphatic rings. The number of methoxy groups -OCH3 is 1. The van der Waals surface area contributed by atoms with Crippen LogP contribution in [0.15, 0.2) is 47.3 Å². The maximum Gasteiger partial charge on any atom is 0.257 e. The molecule has 4 rings (SSSR count). The zero-order valence-corrected chi connectivity index (χ0v) is 16.1. The number of allylic oxidation sites excluding steroid dienone is 2. The third-order valence-electron chi connectivity index (χ3n) is 5.15. The first-order valence-corrected chi connectivity index (χ1v) is 9.48. The van der Waals surface area contributed by atoms with Gasteiger partial charge in [0.15, 0.2) is 0 Å². The average molecular weight is 374 g/mol. The molecule has 0 spiro atoms. The number of fused-ring (bicyclic) bond motifs is 4. The first-order valence-electron chi connectivity index (χ1n) is 9.48. The second-order valence-corrected chi connectivity index (χ2v) is 7.00. The summed E-state index contributed by atoms with van der Waals surface area (Å²) < 4.78 is 7.01. The predicted octanol–water partition coefficient (Wildman–Crippen LogP) is 3.95. The summed E-state index contributed by atoms with van der Waals surface area (Å²) in [5.74, 6) is 0. The van der Waals surface area contributed by atoms with Gasteiger partial charge in [-0.15, -0.1) is 0 Å². The van der Waals surface area contributed by atoms with Crippen molar-refractivity contribution in [2.75, 3.05) is 7.11 Å². The second-order valence-electron chi connectivity index (χ2n) is 7.00. The number of aromatic nitrogens is 2. The minimum atomic E-state index is -0.124. The van der Waals surface area contributed by atoms with Crippen LogP contribution in [0, 0.1) is 0 Å². The van der Waals surface area contributed by atoms with Crippen LogP contribution < -0.4 is 5.56 Å². The minimum absolute atomic E-state index is 0.124. The molecule has 0 saturated heterocycles. The number of carbonyl (C=O) groups excluding carboxylic acids is 1. The van der Waals surface area contributed by atoms with Crippen LogP contribution in [0.2, 0.25) is 0 Å². The fourth-order valence-electron chi connectivity index (χ4n) is 3.78. The van der Waals surface area contributed by atoms with E-state index in [1.165, 1.54) is 0 Å². The molecule has 0 unspecified atom stereocenters. The Labute approximate surface area is 163 Å². The Bertz CT molecular complexity index is 1160. The molecule has 3 heterocycles. The van der Waals surface area contributed by atoms with Gasteiger partial charge in [-0.3, -0.25) is 9.59 Å². The Balaban J connectivity index is 1.97. The summed E-state index contributed by atoms with van der Waals surface area (Å²) in [5, 5.41) is 1.05. The van der Waals surface area contributed by atoms with Crippen LogP contribution in [0.3, 0.4) is 0 Å². The van der Waals surface area contributed by atoms with Crippen molar-refractivity contribution < 1.29 is 9.53 Å². The van der Waals surface area contributed by atoms with E-state index in [-0.39, 0.29) is 12.2 Å². The number of aldehydes is 1. The van der Waals surface area contributed by atoms with E-state index in [1.807, 2.05) is 36.4 Å². The first kappa shape index (κ1) is 18.3. The number of nitrogens with zero attached hydrogens (tertiary/aromatic N) is 2. The fourth-order valence-corrected chi connectivity index (χ4v) is 3.78. The topological polar surface area (TPSA) is 61.2 Å². The highest BCUT2D eigenvalue weighted by Gasteiger charge is 2.26. The Kier molecular flexibility index (Phi) is 4.92. The molecule has 1 aromatic carbocycles. The summed E-state index contributed by atoms with van der Waals surface area (Å²) in [6.45, 7) is 2.70. The van der Waals surface area contributed by atoms with Gasteiger partial charge >= 0.3 is 0 Å². The largest absolute Gasteiger partial charge is 0.380 e. The highest BCUT2D eigenvalue weighted by molar-refractivity contribution is 6.07. The van der Waals surface area contributed by atoms with E-state index in [2.05, 4.69) is 13.0 Å². The molecule has 0 bridgehead atoms. The van der Waals surface area contributed by atoms with E-state index < -0.39 is 0 Å². The number of hydrogen-bond donors (Lipinski definition) is 0. The third-order valence-corrected chi connectivity index (χ3v) is 5.15. The van der Waals surface area contributed by atoms with Crippen LogP contribution >= 0.6 is 0 Å². The molecule has 1 aliphatic heterocycles. The Hall–Kier alpha value is -3.05. The van der Waals surface area contributed by atoms with Crippen molar-refractivity contribution in [3.05, 3.63) is 69.5 Å². The number of para-hydroxylation sites is 1. The van der Waals surface area contributed by atoms with Crippen molar-refractivity contribution in [2.45, 2.75) is 32.9 Å². The molecular weight excluding hydrogens is 352 g/mol. The lowest BCUT2D eigenvalue weighted by Gasteiger charge is -2.13. The van der Waals surface area contributed by atoms with Crippen molar-refractivity contribution in [3.63, 3.8) is 0 Å². The van der Waals surface area contributed by atoms with Crippen molar-refractivity contribution >= 4 is 22.8 Å². The summed E-state index contributed by atoms with van der Waals surface area (Å²) in [5.41, 5.74) is 5.03. The van der Waals surface area contributed by atoms with E-state index in [9.17, 15) is 9.59 Å². The normalized spacial score (nSPS) is 12.9. The molecule has 0 N–H and O–H groups in total. The van der Waals surface area contributed by atoms with E-state index in [0.717, 1.165) is 47.0 Å². The van der Waals surface area contributed by atoms with Gasteiger partial charge in [-0.25, -0.2) is 4.98 Å².